The first-order valence-corrected chi connectivity index (χ1v) is 6.71. The maximum atomic E-state index is 12.1. The average molecular weight is 287 g/mol. The number of hydrogen-bond donors (Lipinski definition) is 2. The number of methoxy groups -OCH3 is 1. The third-order valence-electron chi connectivity index (χ3n) is 3.43. The number of ether oxygens (including phenoxy) is 2. The van der Waals surface area contributed by atoms with Gasteiger partial charge in [0.1, 0.15) is 6.04 Å². The van der Waals surface area contributed by atoms with E-state index in [1.165, 1.54) is 7.11 Å². The van der Waals surface area contributed by atoms with E-state index in [2.05, 4.69) is 10.1 Å². The number of carboxylic acid groups (broad SMARTS) is 1. The molecule has 7 heteroatoms. The van der Waals surface area contributed by atoms with Gasteiger partial charge < -0.3 is 19.9 Å². The predicted molar refractivity (Wildman–Crippen MR) is 69.0 cm³/mol. The van der Waals surface area contributed by atoms with Crippen LogP contribution in [0.3, 0.4) is 0 Å². The number of carbonyl (C=O) groups excluding carboxylic acids is 2. The lowest BCUT2D eigenvalue weighted by molar-refractivity contribution is -0.144. The monoisotopic (exact) mass is 287 g/mol. The van der Waals surface area contributed by atoms with Crippen molar-refractivity contribution in [1.29, 1.82) is 0 Å². The summed E-state index contributed by atoms with van der Waals surface area (Å²) in [6.07, 6.45) is 1.10. The zero-order valence-corrected chi connectivity index (χ0v) is 11.8. The Labute approximate surface area is 117 Å². The molecule has 1 rings (SSSR count). The normalized spacial score (nSPS) is 23.1. The van der Waals surface area contributed by atoms with Crippen LogP contribution in [0.2, 0.25) is 0 Å². The number of carboxylic acids is 1. The molecule has 2 N–H and O–H groups in total. The van der Waals surface area contributed by atoms with Gasteiger partial charge in [-0.15, -0.1) is 0 Å². The first-order valence-electron chi connectivity index (χ1n) is 6.71. The summed E-state index contributed by atoms with van der Waals surface area (Å²) in [4.78, 5) is 34.2. The second kappa shape index (κ2) is 7.84. The zero-order chi connectivity index (χ0) is 15.1. The van der Waals surface area contributed by atoms with Crippen LogP contribution in [0.15, 0.2) is 0 Å². The minimum absolute atomic E-state index is 0.0120. The van der Waals surface area contributed by atoms with Gasteiger partial charge in [-0.3, -0.25) is 9.59 Å². The fourth-order valence-electron chi connectivity index (χ4n) is 2.25. The number of aliphatic carboxylic acids is 1. The van der Waals surface area contributed by atoms with E-state index in [-0.39, 0.29) is 30.8 Å². The van der Waals surface area contributed by atoms with E-state index >= 15 is 0 Å². The van der Waals surface area contributed by atoms with Gasteiger partial charge in [-0.25, -0.2) is 4.79 Å². The molecule has 0 aromatic rings. The predicted octanol–water partition coefficient (Wildman–Crippen LogP) is 0.324. The SMILES string of the molecule is CCC1OCCC1C(=O)N[C@H](CCC(=O)OC)C(=O)O. The van der Waals surface area contributed by atoms with E-state index in [1.807, 2.05) is 6.92 Å². The van der Waals surface area contributed by atoms with E-state index in [1.54, 1.807) is 0 Å². The van der Waals surface area contributed by atoms with Crippen molar-refractivity contribution in [2.75, 3.05) is 13.7 Å². The molecule has 1 heterocycles. The highest BCUT2D eigenvalue weighted by molar-refractivity contribution is 5.85. The highest BCUT2D eigenvalue weighted by atomic mass is 16.5. The second-order valence-corrected chi connectivity index (χ2v) is 4.73. The van der Waals surface area contributed by atoms with Gasteiger partial charge in [0.05, 0.1) is 19.1 Å². The number of nitrogens with one attached hydrogen (secondary N) is 1. The number of amides is 1. The van der Waals surface area contributed by atoms with Gasteiger partial charge in [-0.05, 0) is 19.3 Å². The molecule has 0 spiro atoms. The van der Waals surface area contributed by atoms with E-state index < -0.39 is 18.0 Å². The van der Waals surface area contributed by atoms with Gasteiger partial charge >= 0.3 is 11.9 Å². The van der Waals surface area contributed by atoms with Crippen LogP contribution in [0.4, 0.5) is 0 Å². The van der Waals surface area contributed by atoms with Gasteiger partial charge in [-0.2, -0.15) is 0 Å². The second-order valence-electron chi connectivity index (χ2n) is 4.73. The summed E-state index contributed by atoms with van der Waals surface area (Å²) in [5.41, 5.74) is 0. The molecular formula is C13H21NO6. The molecule has 0 saturated carbocycles. The molecule has 1 saturated heterocycles. The van der Waals surface area contributed by atoms with Gasteiger partial charge in [0.25, 0.3) is 0 Å². The van der Waals surface area contributed by atoms with Gasteiger partial charge in [0.15, 0.2) is 0 Å². The molecule has 1 amide bonds. The van der Waals surface area contributed by atoms with Crippen LogP contribution in [-0.2, 0) is 23.9 Å². The van der Waals surface area contributed by atoms with Crippen LogP contribution in [0, 0.1) is 5.92 Å². The Kier molecular flexibility index (Phi) is 6.44. The minimum Gasteiger partial charge on any atom is -0.480 e. The lowest BCUT2D eigenvalue weighted by atomic mass is 9.98. The van der Waals surface area contributed by atoms with Crippen molar-refractivity contribution >= 4 is 17.8 Å². The Balaban J connectivity index is 2.54. The summed E-state index contributed by atoms with van der Waals surface area (Å²) in [6, 6.07) is -1.08. The van der Waals surface area contributed by atoms with Gasteiger partial charge in [-0.1, -0.05) is 6.92 Å². The van der Waals surface area contributed by atoms with E-state index in [4.69, 9.17) is 9.84 Å². The van der Waals surface area contributed by atoms with Gasteiger partial charge in [0.2, 0.25) is 5.91 Å². The van der Waals surface area contributed by atoms with E-state index in [0.29, 0.717) is 19.4 Å². The molecule has 20 heavy (non-hydrogen) atoms. The maximum Gasteiger partial charge on any atom is 0.326 e. The molecule has 1 aliphatic heterocycles. The average Bonchev–Trinajstić information content (AvgIpc) is 2.90. The van der Waals surface area contributed by atoms with Crippen molar-refractivity contribution in [1.82, 2.24) is 5.32 Å². The first kappa shape index (κ1) is 16.4. The van der Waals surface area contributed by atoms with Crippen LogP contribution >= 0.6 is 0 Å². The molecule has 0 bridgehead atoms. The summed E-state index contributed by atoms with van der Waals surface area (Å²) in [5.74, 6) is -2.30. The minimum atomic E-state index is -1.16. The van der Waals surface area contributed by atoms with Crippen molar-refractivity contribution in [3.05, 3.63) is 0 Å². The highest BCUT2D eigenvalue weighted by Gasteiger charge is 2.34. The molecule has 0 radical (unpaired) electrons. The van der Waals surface area contributed by atoms with Crippen molar-refractivity contribution in [3.8, 4) is 0 Å². The van der Waals surface area contributed by atoms with E-state index in [9.17, 15) is 14.4 Å². The van der Waals surface area contributed by atoms with Crippen molar-refractivity contribution in [2.24, 2.45) is 5.92 Å². The quantitative estimate of drug-likeness (QED) is 0.654. The molecule has 0 aromatic heterocycles. The third kappa shape index (κ3) is 4.48. The Morgan fingerprint density at radius 3 is 2.70 bits per heavy atom. The van der Waals surface area contributed by atoms with Crippen LogP contribution in [-0.4, -0.2) is 48.8 Å². The van der Waals surface area contributed by atoms with Gasteiger partial charge in [0, 0.05) is 13.0 Å². The highest BCUT2D eigenvalue weighted by Crippen LogP contribution is 2.23. The Hall–Kier alpha value is -1.63. The van der Waals surface area contributed by atoms with Crippen LogP contribution in [0.25, 0.3) is 0 Å². The maximum absolute atomic E-state index is 12.1. The molecule has 1 aliphatic rings. The number of hydrogen-bond acceptors (Lipinski definition) is 5. The standard InChI is InChI=1S/C13H21NO6/c1-3-10-8(6-7-20-10)12(16)14-9(13(17)18)4-5-11(15)19-2/h8-10H,3-7H2,1-2H3,(H,14,16)(H,17,18)/t8?,9-,10?/m1/s1. The topological polar surface area (TPSA) is 102 Å². The largest absolute Gasteiger partial charge is 0.480 e. The number of rotatable bonds is 7. The molecule has 7 nitrogen and oxygen atoms in total. The van der Waals surface area contributed by atoms with Crippen LogP contribution < -0.4 is 5.32 Å². The molecular weight excluding hydrogens is 266 g/mol. The summed E-state index contributed by atoms with van der Waals surface area (Å²) in [7, 11) is 1.23. The van der Waals surface area contributed by atoms with E-state index in [0.717, 1.165) is 0 Å². The smallest absolute Gasteiger partial charge is 0.326 e. The molecule has 3 atom stereocenters. The Morgan fingerprint density at radius 1 is 1.45 bits per heavy atom. The van der Waals surface area contributed by atoms with Crippen molar-refractivity contribution in [3.63, 3.8) is 0 Å². The number of esters is 1. The third-order valence-corrected chi connectivity index (χ3v) is 3.43. The van der Waals surface area contributed by atoms with Crippen LogP contribution in [0.5, 0.6) is 0 Å². The number of carbonyl (C=O) groups is 3. The first-order chi connectivity index (χ1) is 9.49. The van der Waals surface area contributed by atoms with Crippen LogP contribution in [0.1, 0.15) is 32.6 Å². The molecule has 2 unspecified atom stereocenters. The zero-order valence-electron chi connectivity index (χ0n) is 11.8. The molecule has 1 fully saturated rings. The fraction of sp³-hybridized carbons (Fsp3) is 0.769. The summed E-state index contributed by atoms with van der Waals surface area (Å²) < 4.78 is 9.87. The fourth-order valence-corrected chi connectivity index (χ4v) is 2.25. The molecule has 0 aromatic carbocycles. The summed E-state index contributed by atoms with van der Waals surface area (Å²) >= 11 is 0. The Bertz CT molecular complexity index is 370. The lowest BCUT2D eigenvalue weighted by Gasteiger charge is -2.20. The molecule has 0 aliphatic carbocycles. The Morgan fingerprint density at radius 2 is 2.15 bits per heavy atom. The van der Waals surface area contributed by atoms with Crippen molar-refractivity contribution < 1.29 is 29.0 Å². The molecule has 114 valence electrons. The summed E-state index contributed by atoms with van der Waals surface area (Å²) in [6.45, 7) is 2.43. The van der Waals surface area contributed by atoms with Crippen molar-refractivity contribution in [2.45, 2.75) is 44.8 Å². The summed E-state index contributed by atoms with van der Waals surface area (Å²) in [5, 5.41) is 11.6. The lowest BCUT2D eigenvalue weighted by Crippen LogP contribution is -2.45.